The van der Waals surface area contributed by atoms with Crippen LogP contribution < -0.4 is 15.2 Å². The fourth-order valence-corrected chi connectivity index (χ4v) is 4.19. The lowest BCUT2D eigenvalue weighted by molar-refractivity contribution is 0.0734. The molecule has 4 rings (SSSR count). The SMILES string of the molecule is CC(C)c1ccc(C2C(C#N)=C(N)Oc3cc(OC(=O)c4ccc(C(C)(C)C)cc4)ccc32)cc1. The minimum atomic E-state index is -0.455. The highest BCUT2D eigenvalue weighted by Gasteiger charge is 2.31. The first kappa shape index (κ1) is 24.1. The summed E-state index contributed by atoms with van der Waals surface area (Å²) in [5, 5.41) is 9.79. The van der Waals surface area contributed by atoms with Crippen molar-refractivity contribution in [1.82, 2.24) is 0 Å². The van der Waals surface area contributed by atoms with E-state index in [1.165, 1.54) is 5.56 Å². The lowest BCUT2D eigenvalue weighted by Crippen LogP contribution is -2.21. The molecule has 0 saturated carbocycles. The quantitative estimate of drug-likeness (QED) is 0.348. The second-order valence-corrected chi connectivity index (χ2v) is 10.2. The molecule has 0 bridgehead atoms. The van der Waals surface area contributed by atoms with E-state index >= 15 is 0 Å². The summed E-state index contributed by atoms with van der Waals surface area (Å²) in [6.07, 6.45) is 0. The summed E-state index contributed by atoms with van der Waals surface area (Å²) in [5.74, 6) is 0.453. The van der Waals surface area contributed by atoms with Crippen LogP contribution in [-0.2, 0) is 5.41 Å². The van der Waals surface area contributed by atoms with Gasteiger partial charge in [-0.3, -0.25) is 0 Å². The van der Waals surface area contributed by atoms with Gasteiger partial charge in [-0.1, -0.05) is 77.1 Å². The lowest BCUT2D eigenvalue weighted by Gasteiger charge is -2.27. The number of carbonyl (C=O) groups is 1. The minimum absolute atomic E-state index is 0.000353. The van der Waals surface area contributed by atoms with Crippen molar-refractivity contribution in [3.8, 4) is 17.6 Å². The van der Waals surface area contributed by atoms with Gasteiger partial charge < -0.3 is 15.2 Å². The van der Waals surface area contributed by atoms with E-state index in [4.69, 9.17) is 15.2 Å². The van der Waals surface area contributed by atoms with Crippen molar-refractivity contribution in [2.24, 2.45) is 5.73 Å². The Morgan fingerprint density at radius 1 is 1.03 bits per heavy atom. The van der Waals surface area contributed by atoms with Crippen molar-refractivity contribution in [3.63, 3.8) is 0 Å². The number of nitrogens with zero attached hydrogens (tertiary/aromatic N) is 1. The summed E-state index contributed by atoms with van der Waals surface area (Å²) in [6, 6.07) is 23.0. The maximum atomic E-state index is 12.7. The number of fused-ring (bicyclic) bond motifs is 1. The van der Waals surface area contributed by atoms with Crippen LogP contribution in [0.2, 0.25) is 0 Å². The van der Waals surface area contributed by atoms with Crippen LogP contribution in [0, 0.1) is 11.3 Å². The zero-order valence-electron chi connectivity index (χ0n) is 20.8. The smallest absolute Gasteiger partial charge is 0.343 e. The zero-order valence-corrected chi connectivity index (χ0v) is 20.8. The van der Waals surface area contributed by atoms with Crippen molar-refractivity contribution in [3.05, 3.63) is 106 Å². The maximum absolute atomic E-state index is 12.7. The van der Waals surface area contributed by atoms with Gasteiger partial charge in [0.2, 0.25) is 5.88 Å². The molecule has 1 atom stereocenters. The van der Waals surface area contributed by atoms with E-state index in [0.717, 1.165) is 16.7 Å². The molecule has 0 saturated heterocycles. The molecule has 3 aromatic carbocycles. The van der Waals surface area contributed by atoms with E-state index in [9.17, 15) is 10.1 Å². The first-order chi connectivity index (χ1) is 16.6. The van der Waals surface area contributed by atoms with Crippen molar-refractivity contribution in [1.29, 1.82) is 5.26 Å². The fraction of sp³-hybridized carbons (Fsp3) is 0.267. The third-order valence-electron chi connectivity index (χ3n) is 6.32. The Morgan fingerprint density at radius 3 is 2.26 bits per heavy atom. The third-order valence-corrected chi connectivity index (χ3v) is 6.32. The molecule has 3 aromatic rings. The number of ether oxygens (including phenoxy) is 2. The summed E-state index contributed by atoms with van der Waals surface area (Å²) in [6.45, 7) is 10.6. The van der Waals surface area contributed by atoms with E-state index in [-0.39, 0.29) is 17.2 Å². The van der Waals surface area contributed by atoms with Gasteiger partial charge in [0.1, 0.15) is 23.1 Å². The van der Waals surface area contributed by atoms with E-state index < -0.39 is 5.97 Å². The fourth-order valence-electron chi connectivity index (χ4n) is 4.19. The summed E-state index contributed by atoms with van der Waals surface area (Å²) in [5.41, 5.74) is 11.0. The number of rotatable bonds is 4. The maximum Gasteiger partial charge on any atom is 0.343 e. The number of allylic oxidation sites excluding steroid dienone is 1. The van der Waals surface area contributed by atoms with Gasteiger partial charge in [-0.25, -0.2) is 4.79 Å². The predicted octanol–water partition coefficient (Wildman–Crippen LogP) is 6.54. The number of nitriles is 1. The third kappa shape index (κ3) is 4.93. The number of hydrogen-bond acceptors (Lipinski definition) is 5. The molecule has 0 amide bonds. The molecule has 2 N–H and O–H groups in total. The van der Waals surface area contributed by atoms with Crippen LogP contribution >= 0.6 is 0 Å². The Morgan fingerprint density at radius 2 is 1.69 bits per heavy atom. The average Bonchev–Trinajstić information content (AvgIpc) is 2.82. The Kier molecular flexibility index (Phi) is 6.41. The Labute approximate surface area is 206 Å². The second kappa shape index (κ2) is 9.31. The molecule has 1 heterocycles. The van der Waals surface area contributed by atoms with Crippen LogP contribution in [0.5, 0.6) is 11.5 Å². The monoisotopic (exact) mass is 466 g/mol. The topological polar surface area (TPSA) is 85.3 Å². The van der Waals surface area contributed by atoms with Gasteiger partial charge in [0, 0.05) is 11.6 Å². The first-order valence-electron chi connectivity index (χ1n) is 11.7. The summed E-state index contributed by atoms with van der Waals surface area (Å²) in [4.78, 5) is 12.7. The van der Waals surface area contributed by atoms with Crippen molar-refractivity contribution in [2.75, 3.05) is 0 Å². The summed E-state index contributed by atoms with van der Waals surface area (Å²) in [7, 11) is 0. The van der Waals surface area contributed by atoms with Gasteiger partial charge in [-0.2, -0.15) is 5.26 Å². The Balaban J connectivity index is 1.62. The average molecular weight is 467 g/mol. The molecule has 5 heteroatoms. The molecule has 0 aromatic heterocycles. The Hall–Kier alpha value is -4.04. The first-order valence-corrected chi connectivity index (χ1v) is 11.7. The molecule has 0 fully saturated rings. The van der Waals surface area contributed by atoms with Gasteiger partial charge in [0.25, 0.3) is 0 Å². The number of esters is 1. The standard InChI is InChI=1S/C30H30N2O3/c1-18(2)19-6-8-20(9-7-19)27-24-15-14-23(16-26(24)35-28(32)25(27)17-31)34-29(33)21-10-12-22(13-11-21)30(3,4)5/h6-16,18,27H,32H2,1-5H3. The molecule has 0 radical (unpaired) electrons. The summed E-state index contributed by atoms with van der Waals surface area (Å²) < 4.78 is 11.4. The van der Waals surface area contributed by atoms with Crippen molar-refractivity contribution < 1.29 is 14.3 Å². The van der Waals surface area contributed by atoms with Crippen LogP contribution in [0.3, 0.4) is 0 Å². The molecule has 1 aliphatic heterocycles. The van der Waals surface area contributed by atoms with E-state index in [0.29, 0.717) is 28.6 Å². The molecular formula is C30H30N2O3. The predicted molar refractivity (Wildman–Crippen MR) is 136 cm³/mol. The summed E-state index contributed by atoms with van der Waals surface area (Å²) >= 11 is 0. The largest absolute Gasteiger partial charge is 0.440 e. The van der Waals surface area contributed by atoms with Gasteiger partial charge >= 0.3 is 5.97 Å². The van der Waals surface area contributed by atoms with Crippen LogP contribution in [0.1, 0.15) is 79.1 Å². The van der Waals surface area contributed by atoms with Gasteiger partial charge in [0.15, 0.2) is 0 Å². The molecule has 178 valence electrons. The van der Waals surface area contributed by atoms with Gasteiger partial charge in [-0.05, 0) is 46.2 Å². The minimum Gasteiger partial charge on any atom is -0.440 e. The molecule has 0 spiro atoms. The Bertz CT molecular complexity index is 1320. The highest BCUT2D eigenvalue weighted by molar-refractivity contribution is 5.91. The molecule has 1 aliphatic rings. The van der Waals surface area contributed by atoms with E-state index in [1.54, 1.807) is 24.3 Å². The van der Waals surface area contributed by atoms with Crippen LogP contribution in [0.25, 0.3) is 0 Å². The van der Waals surface area contributed by atoms with Crippen molar-refractivity contribution >= 4 is 5.97 Å². The van der Waals surface area contributed by atoms with E-state index in [2.05, 4.69) is 52.8 Å². The number of nitrogens with two attached hydrogens (primary N) is 1. The molecular weight excluding hydrogens is 436 g/mol. The van der Waals surface area contributed by atoms with Crippen LogP contribution in [-0.4, -0.2) is 5.97 Å². The van der Waals surface area contributed by atoms with E-state index in [1.807, 2.05) is 30.3 Å². The zero-order chi connectivity index (χ0) is 25.3. The van der Waals surface area contributed by atoms with Crippen LogP contribution in [0.15, 0.2) is 78.2 Å². The normalized spacial score (nSPS) is 15.3. The number of carbonyl (C=O) groups excluding carboxylic acids is 1. The number of hydrogen-bond donors (Lipinski definition) is 1. The van der Waals surface area contributed by atoms with Gasteiger partial charge in [-0.15, -0.1) is 0 Å². The molecule has 0 aliphatic carbocycles. The molecule has 5 nitrogen and oxygen atoms in total. The second-order valence-electron chi connectivity index (χ2n) is 10.2. The highest BCUT2D eigenvalue weighted by Crippen LogP contribution is 2.43. The van der Waals surface area contributed by atoms with Crippen LogP contribution in [0.4, 0.5) is 0 Å². The molecule has 35 heavy (non-hydrogen) atoms. The number of benzene rings is 3. The van der Waals surface area contributed by atoms with Gasteiger partial charge in [0.05, 0.1) is 11.5 Å². The highest BCUT2D eigenvalue weighted by atomic mass is 16.5. The molecule has 1 unspecified atom stereocenters. The van der Waals surface area contributed by atoms with Crippen molar-refractivity contribution in [2.45, 2.75) is 51.9 Å². The lowest BCUT2D eigenvalue weighted by atomic mass is 9.83.